The highest BCUT2D eigenvalue weighted by molar-refractivity contribution is 6.17. The second-order valence-corrected chi connectivity index (χ2v) is 4.74. The molecule has 0 aromatic heterocycles. The molecule has 0 radical (unpaired) electrons. The number of nitrogens with one attached hydrogen (secondary N) is 2. The molecule has 16 heavy (non-hydrogen) atoms. The maximum Gasteiger partial charge on any atom is 0.263 e. The van der Waals surface area contributed by atoms with Crippen LogP contribution in [0.15, 0.2) is 11.8 Å². The van der Waals surface area contributed by atoms with E-state index in [0.29, 0.717) is 18.8 Å². The lowest BCUT2D eigenvalue weighted by Gasteiger charge is -2.18. The van der Waals surface area contributed by atoms with Crippen molar-refractivity contribution in [3.05, 3.63) is 11.8 Å². The highest BCUT2D eigenvalue weighted by Gasteiger charge is 2.11. The van der Waals surface area contributed by atoms with E-state index in [2.05, 4.69) is 10.6 Å². The van der Waals surface area contributed by atoms with Crippen LogP contribution < -0.4 is 10.6 Å². The number of alkyl halides is 1. The number of carbonyl (C=O) groups excluding carboxylic acids is 1. The largest absolute Gasteiger partial charge is 0.385 e. The fraction of sp³-hybridized carbons (Fsp3) is 0.636. The molecule has 0 heterocycles. The third-order valence-electron chi connectivity index (χ3n) is 1.61. The third kappa shape index (κ3) is 7.13. The zero-order chi connectivity index (χ0) is 12.6. The minimum Gasteiger partial charge on any atom is -0.385 e. The molecule has 5 heteroatoms. The molecule has 0 rings (SSSR count). The molecule has 0 aliphatic rings. The van der Waals surface area contributed by atoms with Gasteiger partial charge in [0.05, 0.1) is 0 Å². The molecule has 0 aromatic rings. The molecule has 0 unspecified atom stereocenters. The van der Waals surface area contributed by atoms with Gasteiger partial charge in [-0.05, 0) is 27.2 Å². The van der Waals surface area contributed by atoms with E-state index >= 15 is 0 Å². The summed E-state index contributed by atoms with van der Waals surface area (Å²) in [5.74, 6) is 0.121. The van der Waals surface area contributed by atoms with E-state index in [9.17, 15) is 4.79 Å². The van der Waals surface area contributed by atoms with Crippen LogP contribution >= 0.6 is 11.6 Å². The average Bonchev–Trinajstić information content (AvgIpc) is 2.17. The van der Waals surface area contributed by atoms with Crippen LogP contribution in [0.4, 0.5) is 0 Å². The number of nitrogens with zero attached hydrogens (tertiary/aromatic N) is 1. The topological polar surface area (TPSA) is 64.9 Å². The van der Waals surface area contributed by atoms with Gasteiger partial charge >= 0.3 is 0 Å². The van der Waals surface area contributed by atoms with Gasteiger partial charge in [-0.25, -0.2) is 0 Å². The number of halogens is 1. The lowest BCUT2D eigenvalue weighted by atomic mass is 10.1. The van der Waals surface area contributed by atoms with Crippen LogP contribution in [0.5, 0.6) is 0 Å². The standard InChI is InChI=1S/C11H18ClN3O/c1-11(2,3)15-8-9(7-13)10(16)14-6-4-5-12/h8,15H,4-6H2,1-3H3,(H,14,16)/b9-8-. The lowest BCUT2D eigenvalue weighted by molar-refractivity contribution is -0.117. The van der Waals surface area contributed by atoms with Crippen LogP contribution in [0.3, 0.4) is 0 Å². The van der Waals surface area contributed by atoms with E-state index in [-0.39, 0.29) is 17.0 Å². The van der Waals surface area contributed by atoms with Crippen LogP contribution in [-0.4, -0.2) is 23.9 Å². The molecule has 0 spiro atoms. The van der Waals surface area contributed by atoms with Gasteiger partial charge in [0.15, 0.2) is 0 Å². The number of rotatable bonds is 5. The summed E-state index contributed by atoms with van der Waals surface area (Å²) in [7, 11) is 0. The van der Waals surface area contributed by atoms with Crippen molar-refractivity contribution in [2.24, 2.45) is 0 Å². The molecule has 0 fully saturated rings. The fourth-order valence-corrected chi connectivity index (χ4v) is 0.935. The van der Waals surface area contributed by atoms with Gasteiger partial charge in [0, 0.05) is 24.2 Å². The van der Waals surface area contributed by atoms with Gasteiger partial charge in [-0.2, -0.15) is 5.26 Å². The maximum atomic E-state index is 11.5. The zero-order valence-corrected chi connectivity index (χ0v) is 10.7. The van der Waals surface area contributed by atoms with E-state index in [1.54, 1.807) is 0 Å². The van der Waals surface area contributed by atoms with Gasteiger partial charge in [-0.1, -0.05) is 0 Å². The van der Waals surface area contributed by atoms with Crippen LogP contribution in [0.2, 0.25) is 0 Å². The van der Waals surface area contributed by atoms with Gasteiger partial charge in [0.2, 0.25) is 0 Å². The first-order valence-electron chi connectivity index (χ1n) is 5.13. The third-order valence-corrected chi connectivity index (χ3v) is 1.88. The van der Waals surface area contributed by atoms with Crippen molar-refractivity contribution in [1.29, 1.82) is 5.26 Å². The number of amides is 1. The molecule has 0 bridgehead atoms. The SMILES string of the molecule is CC(C)(C)N/C=C(/C#N)C(=O)NCCCCl. The van der Waals surface area contributed by atoms with Gasteiger partial charge in [-0.15, -0.1) is 11.6 Å². The Morgan fingerprint density at radius 1 is 1.50 bits per heavy atom. The van der Waals surface area contributed by atoms with Gasteiger partial charge in [0.25, 0.3) is 5.91 Å². The second-order valence-electron chi connectivity index (χ2n) is 4.36. The van der Waals surface area contributed by atoms with E-state index in [0.717, 1.165) is 0 Å². The summed E-state index contributed by atoms with van der Waals surface area (Å²) in [5, 5.41) is 14.4. The van der Waals surface area contributed by atoms with Gasteiger partial charge < -0.3 is 10.6 Å². The molecule has 4 nitrogen and oxygen atoms in total. The van der Waals surface area contributed by atoms with Crippen molar-refractivity contribution in [2.75, 3.05) is 12.4 Å². The Balaban J connectivity index is 4.28. The number of carbonyl (C=O) groups is 1. The summed E-state index contributed by atoms with van der Waals surface area (Å²) in [6.45, 7) is 6.33. The Morgan fingerprint density at radius 3 is 2.56 bits per heavy atom. The Hall–Kier alpha value is -1.21. The first kappa shape index (κ1) is 14.8. The quantitative estimate of drug-likeness (QED) is 0.333. The maximum absolute atomic E-state index is 11.5. The van der Waals surface area contributed by atoms with Crippen LogP contribution in [0.1, 0.15) is 27.2 Å². The Bertz CT molecular complexity index is 299. The highest BCUT2D eigenvalue weighted by Crippen LogP contribution is 2.00. The summed E-state index contributed by atoms with van der Waals surface area (Å²) < 4.78 is 0. The number of hydrogen-bond donors (Lipinski definition) is 2. The Kier molecular flexibility index (Phi) is 6.59. The molecular formula is C11H18ClN3O. The van der Waals surface area contributed by atoms with Crippen LogP contribution in [-0.2, 0) is 4.79 Å². The second kappa shape index (κ2) is 7.13. The van der Waals surface area contributed by atoms with Crippen molar-refractivity contribution < 1.29 is 4.79 Å². The molecule has 0 aliphatic carbocycles. The Morgan fingerprint density at radius 2 is 2.12 bits per heavy atom. The van der Waals surface area contributed by atoms with E-state index in [1.807, 2.05) is 26.8 Å². The molecule has 90 valence electrons. The van der Waals surface area contributed by atoms with Gasteiger partial charge in [-0.3, -0.25) is 4.79 Å². The first-order chi connectivity index (χ1) is 7.40. The zero-order valence-electron chi connectivity index (χ0n) is 9.93. The minimum atomic E-state index is -0.371. The molecule has 1 amide bonds. The smallest absolute Gasteiger partial charge is 0.263 e. The van der Waals surface area contributed by atoms with E-state index < -0.39 is 0 Å². The molecule has 2 N–H and O–H groups in total. The van der Waals surface area contributed by atoms with Crippen molar-refractivity contribution in [1.82, 2.24) is 10.6 Å². The minimum absolute atomic E-state index is 0.0736. The summed E-state index contributed by atoms with van der Waals surface area (Å²) in [6, 6.07) is 1.85. The monoisotopic (exact) mass is 243 g/mol. The normalized spacial score (nSPS) is 11.8. The van der Waals surface area contributed by atoms with Crippen LogP contribution in [0.25, 0.3) is 0 Å². The predicted molar refractivity (Wildman–Crippen MR) is 64.9 cm³/mol. The van der Waals surface area contributed by atoms with Crippen molar-refractivity contribution in [2.45, 2.75) is 32.7 Å². The molecule has 0 aliphatic heterocycles. The summed E-state index contributed by atoms with van der Waals surface area (Å²) in [4.78, 5) is 11.5. The fourth-order valence-electron chi connectivity index (χ4n) is 0.801. The lowest BCUT2D eigenvalue weighted by Crippen LogP contribution is -2.33. The average molecular weight is 244 g/mol. The Labute approximate surface area is 102 Å². The highest BCUT2D eigenvalue weighted by atomic mass is 35.5. The number of nitriles is 1. The summed E-state index contributed by atoms with van der Waals surface area (Å²) in [6.07, 6.45) is 2.13. The van der Waals surface area contributed by atoms with Crippen molar-refractivity contribution in [3.8, 4) is 6.07 Å². The summed E-state index contributed by atoms with van der Waals surface area (Å²) >= 11 is 5.48. The molecule has 0 atom stereocenters. The molecule has 0 aromatic carbocycles. The number of hydrogen-bond acceptors (Lipinski definition) is 3. The predicted octanol–water partition coefficient (Wildman–Crippen LogP) is 1.53. The van der Waals surface area contributed by atoms with Crippen molar-refractivity contribution in [3.63, 3.8) is 0 Å². The van der Waals surface area contributed by atoms with Crippen molar-refractivity contribution >= 4 is 17.5 Å². The van der Waals surface area contributed by atoms with E-state index in [4.69, 9.17) is 16.9 Å². The van der Waals surface area contributed by atoms with E-state index in [1.165, 1.54) is 6.20 Å². The van der Waals surface area contributed by atoms with Crippen LogP contribution in [0, 0.1) is 11.3 Å². The molecular weight excluding hydrogens is 226 g/mol. The molecule has 0 saturated heterocycles. The summed E-state index contributed by atoms with van der Waals surface area (Å²) in [5.41, 5.74) is -0.0945. The van der Waals surface area contributed by atoms with Gasteiger partial charge in [0.1, 0.15) is 11.6 Å². The first-order valence-corrected chi connectivity index (χ1v) is 5.66. The molecule has 0 saturated carbocycles.